The number of guanidine groups is 1. The molecule has 1 aliphatic heterocycles. The van der Waals surface area contributed by atoms with Crippen LogP contribution in [0.25, 0.3) is 0 Å². The van der Waals surface area contributed by atoms with Crippen LogP contribution in [-0.4, -0.2) is 45.9 Å². The van der Waals surface area contributed by atoms with Crippen molar-refractivity contribution in [2.45, 2.75) is 24.8 Å². The Labute approximate surface area is 172 Å². The molecule has 2 aromatic carbocycles. The van der Waals surface area contributed by atoms with Crippen molar-refractivity contribution in [3.8, 4) is 0 Å². The quantitative estimate of drug-likeness (QED) is 0.582. The summed E-state index contributed by atoms with van der Waals surface area (Å²) in [7, 11) is 1.76. The predicted molar refractivity (Wildman–Crippen MR) is 115 cm³/mol. The summed E-state index contributed by atoms with van der Waals surface area (Å²) in [5, 5.41) is 6.74. The van der Waals surface area contributed by atoms with Crippen LogP contribution in [0.2, 0.25) is 0 Å². The lowest BCUT2D eigenvalue weighted by Crippen LogP contribution is -2.41. The Balaban J connectivity index is 1.31. The molecule has 0 spiro atoms. The highest BCUT2D eigenvalue weighted by Crippen LogP contribution is 2.47. The van der Waals surface area contributed by atoms with Crippen molar-refractivity contribution in [1.82, 2.24) is 10.6 Å². The lowest BCUT2D eigenvalue weighted by molar-refractivity contribution is 0.122. The van der Waals surface area contributed by atoms with E-state index in [2.05, 4.69) is 46.0 Å². The molecule has 0 atom stereocenters. The molecule has 2 aromatic rings. The first-order valence-corrected chi connectivity index (χ1v) is 10.3. The first-order valence-electron chi connectivity index (χ1n) is 10.3. The van der Waals surface area contributed by atoms with Gasteiger partial charge in [-0.1, -0.05) is 36.4 Å². The monoisotopic (exact) mass is 396 g/mol. The second-order valence-corrected chi connectivity index (χ2v) is 7.81. The summed E-state index contributed by atoms with van der Waals surface area (Å²) in [6, 6.07) is 16.1. The lowest BCUT2D eigenvalue weighted by Gasteiger charge is -2.29. The van der Waals surface area contributed by atoms with E-state index in [0.717, 1.165) is 31.2 Å². The van der Waals surface area contributed by atoms with Crippen LogP contribution in [0.1, 0.15) is 24.0 Å². The Kier molecular flexibility index (Phi) is 6.00. The van der Waals surface area contributed by atoms with Gasteiger partial charge >= 0.3 is 0 Å². The van der Waals surface area contributed by atoms with Crippen LogP contribution in [0.4, 0.5) is 10.1 Å². The third-order valence-corrected chi connectivity index (χ3v) is 5.88. The molecule has 2 aliphatic rings. The van der Waals surface area contributed by atoms with Gasteiger partial charge in [-0.3, -0.25) is 4.99 Å². The van der Waals surface area contributed by atoms with Crippen molar-refractivity contribution in [2.24, 2.45) is 4.99 Å². The molecule has 0 bridgehead atoms. The van der Waals surface area contributed by atoms with E-state index in [1.807, 2.05) is 17.0 Å². The van der Waals surface area contributed by atoms with E-state index >= 15 is 0 Å². The van der Waals surface area contributed by atoms with Crippen molar-refractivity contribution in [1.29, 1.82) is 0 Å². The maximum absolute atomic E-state index is 14.6. The first kappa shape index (κ1) is 19.7. The molecule has 1 aliphatic carbocycles. The summed E-state index contributed by atoms with van der Waals surface area (Å²) < 4.78 is 19.9. The van der Waals surface area contributed by atoms with Crippen LogP contribution in [0.15, 0.2) is 53.5 Å². The van der Waals surface area contributed by atoms with Crippen molar-refractivity contribution in [2.75, 3.05) is 44.8 Å². The number of hydrogen-bond donors (Lipinski definition) is 2. The normalized spacial score (nSPS) is 18.4. The van der Waals surface area contributed by atoms with Gasteiger partial charge in [-0.2, -0.15) is 0 Å². The van der Waals surface area contributed by atoms with Crippen LogP contribution in [0.5, 0.6) is 0 Å². The molecule has 0 aromatic heterocycles. The summed E-state index contributed by atoms with van der Waals surface area (Å²) in [4.78, 5) is 6.36. The Morgan fingerprint density at radius 1 is 1.10 bits per heavy atom. The minimum atomic E-state index is -0.185. The Morgan fingerprint density at radius 3 is 2.52 bits per heavy atom. The van der Waals surface area contributed by atoms with Gasteiger partial charge in [0.2, 0.25) is 0 Å². The summed E-state index contributed by atoms with van der Waals surface area (Å²) in [6.45, 7) is 4.13. The zero-order valence-corrected chi connectivity index (χ0v) is 17.0. The molecule has 0 unspecified atom stereocenters. The fraction of sp³-hybridized carbons (Fsp3) is 0.435. The zero-order chi connectivity index (χ0) is 20.1. The van der Waals surface area contributed by atoms with E-state index in [1.54, 1.807) is 13.1 Å². The first-order chi connectivity index (χ1) is 14.2. The molecule has 1 heterocycles. The van der Waals surface area contributed by atoms with E-state index in [1.165, 1.54) is 18.4 Å². The van der Waals surface area contributed by atoms with Gasteiger partial charge in [-0.15, -0.1) is 0 Å². The van der Waals surface area contributed by atoms with Crippen molar-refractivity contribution < 1.29 is 9.13 Å². The summed E-state index contributed by atoms with van der Waals surface area (Å²) in [5.41, 5.74) is 3.14. The third-order valence-electron chi connectivity index (χ3n) is 5.88. The fourth-order valence-corrected chi connectivity index (χ4v) is 3.89. The van der Waals surface area contributed by atoms with Crippen LogP contribution in [-0.2, 0) is 16.7 Å². The average molecular weight is 397 g/mol. The highest BCUT2D eigenvalue weighted by molar-refractivity contribution is 5.79. The number of nitrogens with one attached hydrogen (secondary N) is 2. The number of halogens is 1. The van der Waals surface area contributed by atoms with Gasteiger partial charge in [0.05, 0.1) is 18.9 Å². The number of nitrogens with zero attached hydrogens (tertiary/aromatic N) is 2. The second kappa shape index (κ2) is 8.82. The summed E-state index contributed by atoms with van der Waals surface area (Å²) >= 11 is 0. The average Bonchev–Trinajstić information content (AvgIpc) is 3.56. The standard InChI is InChI=1S/C23H29FN4O/c1-25-22(27-17-23(9-10-23)19-5-3-2-4-6-19)26-16-18-7-8-21(20(24)15-18)28-11-13-29-14-12-28/h2-8,15H,9-14,16-17H2,1H3,(H2,25,26,27). The number of rotatable bonds is 6. The van der Waals surface area contributed by atoms with Crippen LogP contribution < -0.4 is 15.5 Å². The topological polar surface area (TPSA) is 48.9 Å². The van der Waals surface area contributed by atoms with E-state index in [9.17, 15) is 4.39 Å². The van der Waals surface area contributed by atoms with E-state index < -0.39 is 0 Å². The SMILES string of the molecule is CN=C(NCc1ccc(N2CCOCC2)c(F)c1)NCC1(c2ccccc2)CC1. The Hall–Kier alpha value is -2.60. The molecule has 29 heavy (non-hydrogen) atoms. The molecule has 0 radical (unpaired) electrons. The van der Waals surface area contributed by atoms with Crippen molar-refractivity contribution >= 4 is 11.6 Å². The number of benzene rings is 2. The predicted octanol–water partition coefficient (Wildman–Crippen LogP) is 3.06. The van der Waals surface area contributed by atoms with E-state index in [0.29, 0.717) is 25.4 Å². The summed E-state index contributed by atoms with van der Waals surface area (Å²) in [5.74, 6) is 0.556. The van der Waals surface area contributed by atoms with Crippen molar-refractivity contribution in [3.63, 3.8) is 0 Å². The molecule has 6 heteroatoms. The highest BCUT2D eigenvalue weighted by atomic mass is 19.1. The summed E-state index contributed by atoms with van der Waals surface area (Å²) in [6.07, 6.45) is 2.38. The molecule has 4 rings (SSSR count). The molecule has 1 saturated heterocycles. The van der Waals surface area contributed by atoms with Gasteiger partial charge in [0.1, 0.15) is 5.82 Å². The second-order valence-electron chi connectivity index (χ2n) is 7.81. The van der Waals surface area contributed by atoms with Crippen molar-refractivity contribution in [3.05, 3.63) is 65.5 Å². The zero-order valence-electron chi connectivity index (χ0n) is 17.0. The molecule has 2 fully saturated rings. The number of aliphatic imine (C=N–C) groups is 1. The number of anilines is 1. The van der Waals surface area contributed by atoms with E-state index in [-0.39, 0.29) is 11.2 Å². The molecule has 2 N–H and O–H groups in total. The van der Waals surface area contributed by atoms with Gasteiger partial charge in [0.25, 0.3) is 0 Å². The number of hydrogen-bond acceptors (Lipinski definition) is 3. The Bertz CT molecular complexity index is 845. The minimum absolute atomic E-state index is 0.185. The highest BCUT2D eigenvalue weighted by Gasteiger charge is 2.43. The van der Waals surface area contributed by atoms with Crippen LogP contribution in [0, 0.1) is 5.82 Å². The maximum atomic E-state index is 14.6. The number of ether oxygens (including phenoxy) is 1. The molecule has 5 nitrogen and oxygen atoms in total. The van der Waals surface area contributed by atoms with Gasteiger partial charge in [0, 0.05) is 38.6 Å². The Morgan fingerprint density at radius 2 is 1.86 bits per heavy atom. The lowest BCUT2D eigenvalue weighted by atomic mass is 9.96. The molecular formula is C23H29FN4O. The third kappa shape index (κ3) is 4.70. The smallest absolute Gasteiger partial charge is 0.191 e. The number of morpholine rings is 1. The van der Waals surface area contributed by atoms with Crippen LogP contribution in [0.3, 0.4) is 0 Å². The fourth-order valence-electron chi connectivity index (χ4n) is 3.89. The molecule has 154 valence electrons. The van der Waals surface area contributed by atoms with Crippen LogP contribution >= 0.6 is 0 Å². The van der Waals surface area contributed by atoms with Gasteiger partial charge < -0.3 is 20.3 Å². The minimum Gasteiger partial charge on any atom is -0.378 e. The van der Waals surface area contributed by atoms with Gasteiger partial charge in [-0.05, 0) is 36.1 Å². The molecule has 1 saturated carbocycles. The maximum Gasteiger partial charge on any atom is 0.191 e. The largest absolute Gasteiger partial charge is 0.378 e. The van der Waals surface area contributed by atoms with Gasteiger partial charge in [0.15, 0.2) is 5.96 Å². The van der Waals surface area contributed by atoms with Gasteiger partial charge in [-0.25, -0.2) is 4.39 Å². The molecule has 0 amide bonds. The van der Waals surface area contributed by atoms with E-state index in [4.69, 9.17) is 4.74 Å². The molecular weight excluding hydrogens is 367 g/mol.